The lowest BCUT2D eigenvalue weighted by Gasteiger charge is -2.33. The van der Waals surface area contributed by atoms with Crippen molar-refractivity contribution in [3.63, 3.8) is 0 Å². The number of nitrogens with zero attached hydrogens (tertiary/aromatic N) is 5. The van der Waals surface area contributed by atoms with Crippen molar-refractivity contribution >= 4 is 28.9 Å². The van der Waals surface area contributed by atoms with Gasteiger partial charge >= 0.3 is 5.97 Å². The van der Waals surface area contributed by atoms with Gasteiger partial charge in [-0.3, -0.25) is 9.78 Å². The van der Waals surface area contributed by atoms with Gasteiger partial charge in [-0.15, -0.1) is 11.3 Å². The number of hydrogen-bond acceptors (Lipinski definition) is 6. The molecule has 0 fully saturated rings. The number of amides is 1. The second-order valence-corrected chi connectivity index (χ2v) is 10.4. The molecule has 1 aliphatic heterocycles. The number of pyridine rings is 1. The Bertz CT molecular complexity index is 1740. The van der Waals surface area contributed by atoms with Crippen LogP contribution >= 0.6 is 11.3 Å². The Morgan fingerprint density at radius 1 is 1.13 bits per heavy atom. The molecular weight excluding hydrogens is 517 g/mol. The van der Waals surface area contributed by atoms with E-state index >= 15 is 4.39 Å². The number of rotatable bonds is 5. The number of carboxylic acids is 1. The fourth-order valence-corrected chi connectivity index (χ4v) is 6.00. The molecule has 196 valence electrons. The van der Waals surface area contributed by atoms with E-state index in [1.807, 2.05) is 18.7 Å². The van der Waals surface area contributed by atoms with Crippen molar-refractivity contribution in [1.82, 2.24) is 24.5 Å². The van der Waals surface area contributed by atoms with Gasteiger partial charge in [0, 0.05) is 40.5 Å². The number of halogens is 1. The normalized spacial score (nSPS) is 14.9. The third kappa shape index (κ3) is 4.36. The summed E-state index contributed by atoms with van der Waals surface area (Å²) in [4.78, 5) is 36.6. The predicted molar refractivity (Wildman–Crippen MR) is 145 cm³/mol. The lowest BCUT2D eigenvalue weighted by Crippen LogP contribution is -2.38. The van der Waals surface area contributed by atoms with Crippen LogP contribution in [0.5, 0.6) is 0 Å². The van der Waals surface area contributed by atoms with E-state index in [1.165, 1.54) is 28.8 Å². The Labute approximate surface area is 227 Å². The topological polar surface area (TPSA) is 101 Å². The third-order valence-electron chi connectivity index (χ3n) is 7.17. The molecule has 1 amide bonds. The van der Waals surface area contributed by atoms with Gasteiger partial charge < -0.3 is 10.0 Å². The predicted octanol–water partition coefficient (Wildman–Crippen LogP) is 5.68. The van der Waals surface area contributed by atoms with E-state index in [2.05, 4.69) is 26.5 Å². The second-order valence-electron chi connectivity index (χ2n) is 9.44. The standard InChI is InChI=1S/C29H24FN5O3S/c1-3-19-13-25(28(36)34-10-8-26-20(16(34)2)9-11-39-26)32-27-14-24(33-35(19)27)21-6-4-17(12-22(21)30)23-7-5-18(15-31-23)29(37)38/h4-7,9,11-16H,3,8,10H2,1-2H3,(H,37,38). The average molecular weight is 542 g/mol. The number of carboxylic acid groups (broad SMARTS) is 1. The first-order valence-corrected chi connectivity index (χ1v) is 13.5. The number of aromatic carboxylic acids is 1. The van der Waals surface area contributed by atoms with Crippen LogP contribution in [0.2, 0.25) is 0 Å². The van der Waals surface area contributed by atoms with E-state index in [9.17, 15) is 9.59 Å². The van der Waals surface area contributed by atoms with Crippen LogP contribution in [0.25, 0.3) is 28.2 Å². The quantitative estimate of drug-likeness (QED) is 0.307. The fourth-order valence-electron chi connectivity index (χ4n) is 5.04. The van der Waals surface area contributed by atoms with Gasteiger partial charge in [0.05, 0.1) is 23.0 Å². The van der Waals surface area contributed by atoms with E-state index in [0.29, 0.717) is 41.3 Å². The molecule has 6 rings (SSSR count). The van der Waals surface area contributed by atoms with Crippen LogP contribution in [0.3, 0.4) is 0 Å². The Morgan fingerprint density at radius 2 is 1.97 bits per heavy atom. The molecule has 0 spiro atoms. The van der Waals surface area contributed by atoms with Crippen molar-refractivity contribution in [2.24, 2.45) is 0 Å². The number of fused-ring (bicyclic) bond motifs is 2. The maximum Gasteiger partial charge on any atom is 0.337 e. The Morgan fingerprint density at radius 3 is 2.69 bits per heavy atom. The average Bonchev–Trinajstić information content (AvgIpc) is 3.60. The maximum atomic E-state index is 15.3. The zero-order valence-corrected chi connectivity index (χ0v) is 22.1. The molecule has 0 bridgehead atoms. The lowest BCUT2D eigenvalue weighted by molar-refractivity contribution is 0.0670. The molecule has 8 nitrogen and oxygen atoms in total. The molecule has 5 heterocycles. The van der Waals surface area contributed by atoms with Crippen LogP contribution in [0.4, 0.5) is 4.39 Å². The SMILES string of the molecule is CCc1cc(C(=O)N2CCc3sccc3C2C)nc2cc(-c3ccc(-c4ccc(C(=O)O)cn4)cc3F)nn12. The monoisotopic (exact) mass is 541 g/mol. The number of aryl methyl sites for hydroxylation is 1. The van der Waals surface area contributed by atoms with E-state index in [0.717, 1.165) is 12.1 Å². The van der Waals surface area contributed by atoms with Crippen LogP contribution in [0.1, 0.15) is 56.9 Å². The molecule has 0 saturated heterocycles. The summed E-state index contributed by atoms with van der Waals surface area (Å²) in [6, 6.07) is 13.2. The third-order valence-corrected chi connectivity index (χ3v) is 8.17. The molecule has 0 aliphatic carbocycles. The molecule has 1 N–H and O–H groups in total. The summed E-state index contributed by atoms with van der Waals surface area (Å²) < 4.78 is 16.9. The highest BCUT2D eigenvalue weighted by Gasteiger charge is 2.30. The minimum Gasteiger partial charge on any atom is -0.478 e. The fraction of sp³-hybridized carbons (Fsp3) is 0.207. The van der Waals surface area contributed by atoms with Gasteiger partial charge in [-0.2, -0.15) is 5.10 Å². The summed E-state index contributed by atoms with van der Waals surface area (Å²) in [6.07, 6.45) is 2.69. The smallest absolute Gasteiger partial charge is 0.337 e. The number of carbonyl (C=O) groups is 2. The van der Waals surface area contributed by atoms with Crippen molar-refractivity contribution in [3.05, 3.63) is 93.3 Å². The highest BCUT2D eigenvalue weighted by Crippen LogP contribution is 2.34. The van der Waals surface area contributed by atoms with Crippen molar-refractivity contribution in [1.29, 1.82) is 0 Å². The Kier molecular flexibility index (Phi) is 6.19. The van der Waals surface area contributed by atoms with Gasteiger partial charge in [0.2, 0.25) is 0 Å². The molecule has 1 unspecified atom stereocenters. The van der Waals surface area contributed by atoms with Gasteiger partial charge in [-0.25, -0.2) is 18.7 Å². The molecule has 5 aromatic rings. The van der Waals surface area contributed by atoms with Gasteiger partial charge in [-0.1, -0.05) is 13.0 Å². The minimum absolute atomic E-state index is 0.0292. The van der Waals surface area contributed by atoms with Gasteiger partial charge in [-0.05, 0) is 67.1 Å². The van der Waals surface area contributed by atoms with Crippen LogP contribution < -0.4 is 0 Å². The van der Waals surface area contributed by atoms with E-state index in [4.69, 9.17) is 5.11 Å². The van der Waals surface area contributed by atoms with Crippen LogP contribution in [-0.2, 0) is 12.8 Å². The number of carbonyl (C=O) groups excluding carboxylic acids is 1. The molecule has 1 atom stereocenters. The second kappa shape index (κ2) is 9.70. The number of thiophene rings is 1. The molecule has 0 radical (unpaired) electrons. The summed E-state index contributed by atoms with van der Waals surface area (Å²) in [5.74, 6) is -1.70. The molecule has 1 aromatic carbocycles. The van der Waals surface area contributed by atoms with E-state index < -0.39 is 11.8 Å². The summed E-state index contributed by atoms with van der Waals surface area (Å²) >= 11 is 1.73. The molecule has 4 aromatic heterocycles. The maximum absolute atomic E-state index is 15.3. The van der Waals surface area contributed by atoms with Crippen LogP contribution in [0, 0.1) is 5.82 Å². The van der Waals surface area contributed by atoms with Gasteiger partial charge in [0.15, 0.2) is 5.65 Å². The zero-order chi connectivity index (χ0) is 27.3. The van der Waals surface area contributed by atoms with Crippen LogP contribution in [0.15, 0.2) is 60.1 Å². The highest BCUT2D eigenvalue weighted by atomic mass is 32.1. The Hall–Kier alpha value is -4.44. The minimum atomic E-state index is -1.07. The molecule has 0 saturated carbocycles. The first-order valence-electron chi connectivity index (χ1n) is 12.6. The van der Waals surface area contributed by atoms with Gasteiger partial charge in [0.25, 0.3) is 5.91 Å². The summed E-state index contributed by atoms with van der Waals surface area (Å²) in [5, 5.41) is 15.7. The molecule has 1 aliphatic rings. The molecule has 10 heteroatoms. The highest BCUT2D eigenvalue weighted by molar-refractivity contribution is 7.10. The summed E-state index contributed by atoms with van der Waals surface area (Å²) in [7, 11) is 0. The first kappa shape index (κ1) is 24.9. The number of benzene rings is 1. The largest absolute Gasteiger partial charge is 0.478 e. The first-order chi connectivity index (χ1) is 18.8. The van der Waals surface area contributed by atoms with E-state index in [1.54, 1.807) is 46.2 Å². The zero-order valence-electron chi connectivity index (χ0n) is 21.3. The van der Waals surface area contributed by atoms with Crippen molar-refractivity contribution in [2.75, 3.05) is 6.54 Å². The molecular formula is C29H24FN5O3S. The summed E-state index contributed by atoms with van der Waals surface area (Å²) in [6.45, 7) is 4.66. The van der Waals surface area contributed by atoms with Crippen LogP contribution in [-0.4, -0.2) is 48.0 Å². The summed E-state index contributed by atoms with van der Waals surface area (Å²) in [5.41, 5.74) is 4.53. The van der Waals surface area contributed by atoms with Crippen molar-refractivity contribution < 1.29 is 19.1 Å². The van der Waals surface area contributed by atoms with Crippen molar-refractivity contribution in [2.45, 2.75) is 32.7 Å². The number of aromatic nitrogens is 4. The molecule has 39 heavy (non-hydrogen) atoms. The number of hydrogen-bond donors (Lipinski definition) is 1. The van der Waals surface area contributed by atoms with Gasteiger partial charge in [0.1, 0.15) is 11.5 Å². The Balaban J connectivity index is 1.33. The van der Waals surface area contributed by atoms with E-state index in [-0.39, 0.29) is 23.1 Å². The lowest BCUT2D eigenvalue weighted by atomic mass is 10.0. The van der Waals surface area contributed by atoms with Crippen molar-refractivity contribution in [3.8, 4) is 22.5 Å².